The van der Waals surface area contributed by atoms with E-state index in [9.17, 15) is 4.39 Å². The van der Waals surface area contributed by atoms with Gasteiger partial charge in [0, 0.05) is 5.56 Å². The molecule has 0 aliphatic carbocycles. The number of alkyl halides is 1. The van der Waals surface area contributed by atoms with E-state index in [1.54, 1.807) is 19.1 Å². The van der Waals surface area contributed by atoms with Gasteiger partial charge in [0.05, 0.1) is 11.6 Å². The summed E-state index contributed by atoms with van der Waals surface area (Å²) in [7, 11) is 0. The lowest BCUT2D eigenvalue weighted by atomic mass is 10.3. The molecule has 0 amide bonds. The van der Waals surface area contributed by atoms with Crippen LogP contribution in [0.1, 0.15) is 11.3 Å². The molecule has 0 atom stereocenters. The minimum absolute atomic E-state index is 0.261. The van der Waals surface area contributed by atoms with E-state index in [0.29, 0.717) is 11.3 Å². The van der Waals surface area contributed by atoms with Crippen LogP contribution in [0.2, 0.25) is 0 Å². The van der Waals surface area contributed by atoms with E-state index in [0.717, 1.165) is 0 Å². The van der Waals surface area contributed by atoms with Crippen LogP contribution in [-0.4, -0.2) is 4.98 Å². The second-order valence-electron chi connectivity index (χ2n) is 2.04. The van der Waals surface area contributed by atoms with E-state index in [1.807, 2.05) is 0 Å². The van der Waals surface area contributed by atoms with Crippen LogP contribution in [0.4, 0.5) is 4.39 Å². The fraction of sp³-hybridized carbons (Fsp3) is 0.286. The molecule has 0 radical (unpaired) electrons. The number of halogens is 2. The first-order valence-electron chi connectivity index (χ1n) is 2.92. The highest BCUT2D eigenvalue weighted by Crippen LogP contribution is 2.05. The van der Waals surface area contributed by atoms with Crippen molar-refractivity contribution in [2.75, 3.05) is 0 Å². The number of pyridine rings is 1. The summed E-state index contributed by atoms with van der Waals surface area (Å²) in [4.78, 5) is 3.59. The van der Waals surface area contributed by atoms with E-state index in [4.69, 9.17) is 11.6 Å². The maximum atomic E-state index is 12.6. The van der Waals surface area contributed by atoms with Crippen LogP contribution in [0.3, 0.4) is 0 Å². The standard InChI is InChI=1S/C7H7ClFN/c1-5-2-3-6(4-8)10-7(5)9/h2-3H,4H2,1H3. The highest BCUT2D eigenvalue weighted by atomic mass is 35.5. The van der Waals surface area contributed by atoms with Crippen molar-refractivity contribution in [2.45, 2.75) is 12.8 Å². The van der Waals surface area contributed by atoms with Gasteiger partial charge in [0.15, 0.2) is 0 Å². The summed E-state index contributed by atoms with van der Waals surface area (Å²) in [6.07, 6.45) is 0. The minimum Gasteiger partial charge on any atom is -0.223 e. The Hall–Kier alpha value is -0.630. The van der Waals surface area contributed by atoms with Gasteiger partial charge in [0.2, 0.25) is 5.95 Å². The van der Waals surface area contributed by atoms with Crippen LogP contribution in [-0.2, 0) is 5.88 Å². The molecule has 0 N–H and O–H groups in total. The molecular weight excluding hydrogens is 153 g/mol. The molecule has 0 saturated carbocycles. The number of rotatable bonds is 1. The maximum Gasteiger partial charge on any atom is 0.216 e. The van der Waals surface area contributed by atoms with Gasteiger partial charge in [-0.1, -0.05) is 6.07 Å². The predicted molar refractivity (Wildman–Crippen MR) is 38.5 cm³/mol. The summed E-state index contributed by atoms with van der Waals surface area (Å²) in [6, 6.07) is 3.38. The smallest absolute Gasteiger partial charge is 0.216 e. The summed E-state index contributed by atoms with van der Waals surface area (Å²) in [5.74, 6) is -0.171. The lowest BCUT2D eigenvalue weighted by Gasteiger charge is -1.96. The Balaban J connectivity index is 3.04. The van der Waals surface area contributed by atoms with Gasteiger partial charge in [-0.25, -0.2) is 4.98 Å². The third kappa shape index (κ3) is 1.45. The first-order chi connectivity index (χ1) is 4.74. The van der Waals surface area contributed by atoms with E-state index in [1.165, 1.54) is 0 Å². The Morgan fingerprint density at radius 3 is 2.80 bits per heavy atom. The fourth-order valence-electron chi connectivity index (χ4n) is 0.616. The number of hydrogen-bond donors (Lipinski definition) is 0. The SMILES string of the molecule is Cc1ccc(CCl)nc1F. The van der Waals surface area contributed by atoms with Crippen LogP contribution in [0, 0.1) is 12.9 Å². The molecule has 0 unspecified atom stereocenters. The predicted octanol–water partition coefficient (Wildman–Crippen LogP) is 2.27. The molecule has 54 valence electrons. The first-order valence-corrected chi connectivity index (χ1v) is 3.45. The molecule has 0 aliphatic rings. The molecule has 1 nitrogen and oxygen atoms in total. The third-order valence-electron chi connectivity index (χ3n) is 1.23. The van der Waals surface area contributed by atoms with Gasteiger partial charge in [-0.15, -0.1) is 11.6 Å². The average Bonchev–Trinajstić information content (AvgIpc) is 1.95. The van der Waals surface area contributed by atoms with Gasteiger partial charge in [-0.2, -0.15) is 4.39 Å². The van der Waals surface area contributed by atoms with Crippen LogP contribution < -0.4 is 0 Å². The van der Waals surface area contributed by atoms with E-state index in [-0.39, 0.29) is 5.88 Å². The molecule has 1 rings (SSSR count). The van der Waals surface area contributed by atoms with Crippen molar-refractivity contribution in [3.63, 3.8) is 0 Å². The Morgan fingerprint density at radius 2 is 2.30 bits per heavy atom. The van der Waals surface area contributed by atoms with Gasteiger partial charge < -0.3 is 0 Å². The van der Waals surface area contributed by atoms with Crippen molar-refractivity contribution in [1.82, 2.24) is 4.98 Å². The zero-order chi connectivity index (χ0) is 7.56. The highest BCUT2D eigenvalue weighted by Gasteiger charge is 1.98. The summed E-state index contributed by atoms with van der Waals surface area (Å²) >= 11 is 5.42. The number of hydrogen-bond acceptors (Lipinski definition) is 1. The van der Waals surface area contributed by atoms with Crippen LogP contribution in [0.5, 0.6) is 0 Å². The molecule has 1 aromatic rings. The quantitative estimate of drug-likeness (QED) is 0.453. The Labute approximate surface area is 63.8 Å². The van der Waals surface area contributed by atoms with E-state index >= 15 is 0 Å². The summed E-state index contributed by atoms with van der Waals surface area (Å²) in [6.45, 7) is 1.67. The maximum absolute atomic E-state index is 12.6. The monoisotopic (exact) mass is 159 g/mol. The topological polar surface area (TPSA) is 12.9 Å². The van der Waals surface area contributed by atoms with Crippen LogP contribution in [0.15, 0.2) is 12.1 Å². The number of aromatic nitrogens is 1. The summed E-state index contributed by atoms with van der Waals surface area (Å²) in [5.41, 5.74) is 1.12. The second-order valence-corrected chi connectivity index (χ2v) is 2.31. The van der Waals surface area contributed by atoms with E-state index in [2.05, 4.69) is 4.98 Å². The highest BCUT2D eigenvalue weighted by molar-refractivity contribution is 6.16. The summed E-state index contributed by atoms with van der Waals surface area (Å²) in [5, 5.41) is 0. The Bertz CT molecular complexity index is 237. The van der Waals surface area contributed by atoms with Gasteiger partial charge >= 0.3 is 0 Å². The first kappa shape index (κ1) is 7.48. The van der Waals surface area contributed by atoms with Crippen molar-refractivity contribution in [3.05, 3.63) is 29.3 Å². The van der Waals surface area contributed by atoms with Crippen molar-refractivity contribution in [2.24, 2.45) is 0 Å². The number of nitrogens with zero attached hydrogens (tertiary/aromatic N) is 1. The van der Waals surface area contributed by atoms with Gasteiger partial charge in [-0.05, 0) is 13.0 Å². The molecule has 1 aromatic heterocycles. The molecule has 0 aliphatic heterocycles. The zero-order valence-electron chi connectivity index (χ0n) is 5.56. The lowest BCUT2D eigenvalue weighted by Crippen LogP contribution is -1.91. The van der Waals surface area contributed by atoms with E-state index < -0.39 is 5.95 Å². The molecule has 1 heterocycles. The molecule has 3 heteroatoms. The summed E-state index contributed by atoms with van der Waals surface area (Å²) < 4.78 is 12.6. The molecular formula is C7H7ClFN. The molecule has 0 saturated heterocycles. The van der Waals surface area contributed by atoms with Gasteiger partial charge in [-0.3, -0.25) is 0 Å². The number of aryl methyl sites for hydroxylation is 1. The van der Waals surface area contributed by atoms with Crippen LogP contribution >= 0.6 is 11.6 Å². The second kappa shape index (κ2) is 2.97. The normalized spacial score (nSPS) is 9.90. The fourth-order valence-corrected chi connectivity index (χ4v) is 0.765. The van der Waals surface area contributed by atoms with Crippen molar-refractivity contribution in [3.8, 4) is 0 Å². The lowest BCUT2D eigenvalue weighted by molar-refractivity contribution is 0.570. The minimum atomic E-state index is -0.432. The van der Waals surface area contributed by atoms with Crippen LogP contribution in [0.25, 0.3) is 0 Å². The molecule has 0 bridgehead atoms. The Kier molecular flexibility index (Phi) is 2.22. The zero-order valence-corrected chi connectivity index (χ0v) is 6.32. The third-order valence-corrected chi connectivity index (χ3v) is 1.50. The molecule has 0 fully saturated rings. The molecule has 0 aromatic carbocycles. The largest absolute Gasteiger partial charge is 0.223 e. The molecule has 10 heavy (non-hydrogen) atoms. The van der Waals surface area contributed by atoms with Crippen molar-refractivity contribution >= 4 is 11.6 Å². The average molecular weight is 160 g/mol. The van der Waals surface area contributed by atoms with Crippen molar-refractivity contribution < 1.29 is 4.39 Å². The Morgan fingerprint density at radius 1 is 1.60 bits per heavy atom. The molecule has 0 spiro atoms. The van der Waals surface area contributed by atoms with Crippen molar-refractivity contribution in [1.29, 1.82) is 0 Å². The van der Waals surface area contributed by atoms with Gasteiger partial charge in [0.1, 0.15) is 0 Å². The van der Waals surface area contributed by atoms with Gasteiger partial charge in [0.25, 0.3) is 0 Å².